The second-order valence-corrected chi connectivity index (χ2v) is 29.0. The number of hydrogen-bond donors (Lipinski definition) is 0. The van der Waals surface area contributed by atoms with Gasteiger partial charge in [0.05, 0.1) is 24.7 Å². The van der Waals surface area contributed by atoms with E-state index in [1.54, 1.807) is 22.3 Å². The first-order valence-corrected chi connectivity index (χ1v) is 34.9. The van der Waals surface area contributed by atoms with Gasteiger partial charge >= 0.3 is 0 Å². The van der Waals surface area contributed by atoms with Crippen LogP contribution >= 0.6 is 0 Å². The number of benzene rings is 1. The van der Waals surface area contributed by atoms with Crippen LogP contribution in [0.2, 0.25) is 0 Å². The number of allylic oxidation sites excluding steroid dienone is 6. The molecule has 7 heterocycles. The molecule has 1 aromatic carbocycles. The molecule has 8 heteroatoms. The standard InChI is InChI=1S/C11H14.4C10H13N.2C10H16O.C9H14O2/c1-8-7-9(2)11-6-4-3-5-10(8)11;2*1-7-5-8(2)10-6-11-4-3-9(7)10;4*1-7-6-8(2)10-9(7)4-3-5-11-10;1-6-5-7(2)9-8(6)10-3-4-11-9/h3-6,8-9H,7H2,1-2H3;2*3-4,6-8H,5H2,1-2H3;2*3-5,7-8H,6H2,1-2H3;2*7-8H,3-6H2,1-2H3;6-7H,3-5H2,1-2H3. The highest BCUT2D eigenvalue weighted by Crippen LogP contribution is 2.46. The minimum absolute atomic E-state index is 0.570. The monoisotopic (exact) mass is 1190 g/mol. The maximum absolute atomic E-state index is 5.66. The second-order valence-electron chi connectivity index (χ2n) is 29.0. The smallest absolute Gasteiger partial charge is 0.137 e. The van der Waals surface area contributed by atoms with Crippen LogP contribution in [-0.4, -0.2) is 46.4 Å². The van der Waals surface area contributed by atoms with Crippen molar-refractivity contribution in [2.75, 3.05) is 26.4 Å². The number of nitrogens with zero attached hydrogens (tertiary/aromatic N) is 4. The molecule has 11 aliphatic rings. The lowest BCUT2D eigenvalue weighted by atomic mass is 9.99. The Kier molecular flexibility index (Phi) is 23.4. The van der Waals surface area contributed by atoms with E-state index in [4.69, 9.17) is 18.9 Å². The van der Waals surface area contributed by atoms with Crippen molar-refractivity contribution in [3.05, 3.63) is 188 Å². The molecule has 8 nitrogen and oxygen atoms in total. The molecule has 8 aliphatic carbocycles. The quantitative estimate of drug-likeness (QED) is 0.152. The van der Waals surface area contributed by atoms with Crippen LogP contribution in [0, 0.1) is 35.5 Å². The van der Waals surface area contributed by atoms with Crippen LogP contribution in [0.3, 0.4) is 0 Å². The van der Waals surface area contributed by atoms with Crippen LogP contribution in [0.15, 0.2) is 132 Å². The summed E-state index contributed by atoms with van der Waals surface area (Å²) in [7, 11) is 0. The Balaban J connectivity index is 0.000000120. The zero-order valence-electron chi connectivity index (χ0n) is 57.2. The number of pyridine rings is 4. The van der Waals surface area contributed by atoms with Crippen molar-refractivity contribution in [1.29, 1.82) is 0 Å². The summed E-state index contributed by atoms with van der Waals surface area (Å²) in [4.78, 5) is 17.1. The Labute approximate surface area is 533 Å². The first-order chi connectivity index (χ1) is 42.3. The van der Waals surface area contributed by atoms with E-state index in [-0.39, 0.29) is 0 Å². The number of aromatic nitrogens is 4. The van der Waals surface area contributed by atoms with Crippen LogP contribution < -0.4 is 0 Å². The molecule has 0 fully saturated rings. The molecule has 16 unspecified atom stereocenters. The van der Waals surface area contributed by atoms with Gasteiger partial charge in [-0.15, -0.1) is 0 Å². The largest absolute Gasteiger partial charge is 0.498 e. The van der Waals surface area contributed by atoms with Crippen LogP contribution in [0.4, 0.5) is 0 Å². The molecule has 0 bridgehead atoms. The Morgan fingerprint density at radius 2 is 0.568 bits per heavy atom. The van der Waals surface area contributed by atoms with Crippen molar-refractivity contribution < 1.29 is 18.9 Å². The van der Waals surface area contributed by atoms with Crippen LogP contribution in [0.1, 0.15) is 303 Å². The SMILES string of the molecule is CC1CC(C)C2=C1CCCO2.CC1CC(C)C2=C1CCCO2.CC1CC(C)C2=C1OCCO2.CC1CC(C)c2ccccc21.CC1CC(C)c2cnccc21.CC1CC(C)c2cnccc21.CC1CC(C)c2ncccc21.CC1CC(C)c2ncccc21. The lowest BCUT2D eigenvalue weighted by Gasteiger charge is -2.20. The molecular weight excluding hydrogens is 1080 g/mol. The molecule has 88 heavy (non-hydrogen) atoms. The third-order valence-electron chi connectivity index (χ3n) is 21.5. The molecule has 0 spiro atoms. The number of rotatable bonds is 0. The third kappa shape index (κ3) is 15.9. The number of fused-ring (bicyclic) bond motifs is 5. The van der Waals surface area contributed by atoms with E-state index in [2.05, 4.69) is 179 Å². The molecule has 16 rings (SSSR count). The van der Waals surface area contributed by atoms with E-state index >= 15 is 0 Å². The van der Waals surface area contributed by atoms with Crippen molar-refractivity contribution in [2.24, 2.45) is 35.5 Å². The highest BCUT2D eigenvalue weighted by Gasteiger charge is 2.35. The van der Waals surface area contributed by atoms with Crippen molar-refractivity contribution in [1.82, 2.24) is 19.9 Å². The molecule has 0 saturated heterocycles. The Hall–Kier alpha value is -5.76. The molecule has 16 atom stereocenters. The van der Waals surface area contributed by atoms with Gasteiger partial charge in [-0.25, -0.2) is 0 Å². The lowest BCUT2D eigenvalue weighted by molar-refractivity contribution is 0.0528. The molecule has 4 aromatic heterocycles. The zero-order chi connectivity index (χ0) is 62.8. The van der Waals surface area contributed by atoms with E-state index < -0.39 is 0 Å². The minimum atomic E-state index is 0.570. The Morgan fingerprint density at radius 1 is 0.273 bits per heavy atom. The van der Waals surface area contributed by atoms with Gasteiger partial charge in [0, 0.05) is 72.2 Å². The summed E-state index contributed by atoms with van der Waals surface area (Å²) in [6, 6.07) is 21.6. The van der Waals surface area contributed by atoms with Crippen LogP contribution in [-0.2, 0) is 18.9 Å². The summed E-state index contributed by atoms with van der Waals surface area (Å²) < 4.78 is 22.4. The zero-order valence-corrected chi connectivity index (χ0v) is 57.2. The molecule has 0 N–H and O–H groups in total. The molecular formula is C80H112N4O4. The maximum Gasteiger partial charge on any atom is 0.137 e. The first-order valence-electron chi connectivity index (χ1n) is 34.9. The minimum Gasteiger partial charge on any atom is -0.498 e. The van der Waals surface area contributed by atoms with Gasteiger partial charge in [0.15, 0.2) is 0 Å². The average Bonchev–Trinajstić information content (AvgIpc) is 4.62. The van der Waals surface area contributed by atoms with Crippen molar-refractivity contribution in [2.45, 2.75) is 247 Å². The molecule has 5 aromatic rings. The van der Waals surface area contributed by atoms with Gasteiger partial charge < -0.3 is 18.9 Å². The predicted molar refractivity (Wildman–Crippen MR) is 363 cm³/mol. The first kappa shape index (κ1) is 66.7. The Bertz CT molecular complexity index is 2540. The molecule has 0 radical (unpaired) electrons. The molecule has 3 aliphatic heterocycles. The summed E-state index contributed by atoms with van der Waals surface area (Å²) in [6.45, 7) is 39.9. The second kappa shape index (κ2) is 30.8. The van der Waals surface area contributed by atoms with E-state index in [1.807, 2.05) is 49.3 Å². The van der Waals surface area contributed by atoms with E-state index in [0.717, 1.165) is 73.5 Å². The highest BCUT2D eigenvalue weighted by molar-refractivity contribution is 5.39. The van der Waals surface area contributed by atoms with Gasteiger partial charge in [0.2, 0.25) is 0 Å². The summed E-state index contributed by atoms with van der Waals surface area (Å²) in [5, 5.41) is 0. The highest BCUT2D eigenvalue weighted by atomic mass is 16.6. The number of ether oxygens (including phenoxy) is 4. The van der Waals surface area contributed by atoms with Gasteiger partial charge in [-0.1, -0.05) is 147 Å². The summed E-state index contributed by atoms with van der Waals surface area (Å²) >= 11 is 0. The van der Waals surface area contributed by atoms with E-state index in [1.165, 1.54) is 133 Å². The van der Waals surface area contributed by atoms with Gasteiger partial charge in [-0.05, 0) is 228 Å². The summed E-state index contributed by atoms with van der Waals surface area (Å²) in [5.74, 6) is 16.3. The van der Waals surface area contributed by atoms with Gasteiger partial charge in [-0.2, -0.15) is 0 Å². The van der Waals surface area contributed by atoms with Crippen LogP contribution in [0.25, 0.3) is 0 Å². The summed E-state index contributed by atoms with van der Waals surface area (Å²) in [5.41, 5.74) is 17.9. The van der Waals surface area contributed by atoms with Gasteiger partial charge in [0.1, 0.15) is 24.7 Å². The predicted octanol–water partition coefficient (Wildman–Crippen LogP) is 21.4. The number of hydrogen-bond acceptors (Lipinski definition) is 8. The van der Waals surface area contributed by atoms with Gasteiger partial charge in [-0.3, -0.25) is 19.9 Å². The topological polar surface area (TPSA) is 88.5 Å². The average molecular weight is 1190 g/mol. The molecule has 476 valence electrons. The Morgan fingerprint density at radius 3 is 0.932 bits per heavy atom. The van der Waals surface area contributed by atoms with Crippen molar-refractivity contribution in [3.8, 4) is 0 Å². The van der Waals surface area contributed by atoms with Crippen molar-refractivity contribution >= 4 is 0 Å². The normalized spacial score (nSPS) is 31.6. The lowest BCUT2D eigenvalue weighted by Crippen LogP contribution is -2.14. The van der Waals surface area contributed by atoms with E-state index in [0.29, 0.717) is 59.2 Å². The van der Waals surface area contributed by atoms with Crippen molar-refractivity contribution in [3.63, 3.8) is 0 Å². The fourth-order valence-electron chi connectivity index (χ4n) is 17.1. The molecule has 0 saturated carbocycles. The summed E-state index contributed by atoms with van der Waals surface area (Å²) in [6.07, 6.45) is 26.9. The van der Waals surface area contributed by atoms with Crippen LogP contribution in [0.5, 0.6) is 0 Å². The third-order valence-corrected chi connectivity index (χ3v) is 21.5. The fourth-order valence-corrected chi connectivity index (χ4v) is 17.1. The van der Waals surface area contributed by atoms with Gasteiger partial charge in [0.25, 0.3) is 0 Å². The fraction of sp³-hybridized carbons (Fsp3) is 0.600. The molecule has 0 amide bonds. The maximum atomic E-state index is 5.66. The van der Waals surface area contributed by atoms with E-state index in [9.17, 15) is 0 Å².